The normalized spacial score (nSPS) is 12.4. The van der Waals surface area contributed by atoms with E-state index in [0.29, 0.717) is 5.52 Å². The van der Waals surface area contributed by atoms with E-state index in [1.807, 2.05) is 13.0 Å². The number of aryl methyl sites for hydroxylation is 1. The average Bonchev–Trinajstić information content (AvgIpc) is 2.42. The van der Waals surface area contributed by atoms with Crippen LogP contribution in [0.3, 0.4) is 0 Å². The van der Waals surface area contributed by atoms with Crippen LogP contribution in [0.25, 0.3) is 11.0 Å². The SMILES string of the molecule is Cc1cc2nc(S(=O)[O-])ccc2[nH]1.[Na+]. The Labute approximate surface area is 106 Å². The van der Waals surface area contributed by atoms with Crippen molar-refractivity contribution < 1.29 is 38.3 Å². The molecular weight excluding hydrogens is 211 g/mol. The van der Waals surface area contributed by atoms with Crippen molar-refractivity contribution in [3.05, 3.63) is 23.9 Å². The number of hydrogen-bond donors (Lipinski definition) is 1. The van der Waals surface area contributed by atoms with Gasteiger partial charge in [0.2, 0.25) is 0 Å². The quantitative estimate of drug-likeness (QED) is 0.449. The molecule has 0 saturated heterocycles. The first-order chi connectivity index (χ1) is 6.16. The Balaban J connectivity index is 0.000000980. The Bertz CT molecular complexity index is 483. The first-order valence-corrected chi connectivity index (χ1v) is 4.80. The molecule has 6 heteroatoms. The molecule has 0 aliphatic heterocycles. The van der Waals surface area contributed by atoms with Gasteiger partial charge < -0.3 is 9.54 Å². The molecular formula is C8H7N2NaO2S. The van der Waals surface area contributed by atoms with Gasteiger partial charge in [0.15, 0.2) is 0 Å². The second kappa shape index (κ2) is 4.55. The molecule has 0 amide bonds. The van der Waals surface area contributed by atoms with Crippen molar-refractivity contribution in [2.45, 2.75) is 11.9 Å². The van der Waals surface area contributed by atoms with Crippen LogP contribution in [0.1, 0.15) is 5.69 Å². The molecule has 0 aliphatic rings. The van der Waals surface area contributed by atoms with Gasteiger partial charge in [-0.1, -0.05) is 0 Å². The summed E-state index contributed by atoms with van der Waals surface area (Å²) in [6.45, 7) is 1.90. The summed E-state index contributed by atoms with van der Waals surface area (Å²) < 4.78 is 21.2. The first kappa shape index (κ1) is 11.9. The minimum atomic E-state index is -2.25. The topological polar surface area (TPSA) is 68.8 Å². The third kappa shape index (κ3) is 2.24. The van der Waals surface area contributed by atoms with Gasteiger partial charge in [-0.3, -0.25) is 4.21 Å². The van der Waals surface area contributed by atoms with E-state index in [0.717, 1.165) is 11.2 Å². The molecule has 1 atom stereocenters. The molecule has 0 spiro atoms. The largest absolute Gasteiger partial charge is 1.00 e. The Kier molecular flexibility index (Phi) is 3.86. The summed E-state index contributed by atoms with van der Waals surface area (Å²) in [7, 11) is 0. The van der Waals surface area contributed by atoms with Crippen LogP contribution in [-0.2, 0) is 11.1 Å². The van der Waals surface area contributed by atoms with E-state index >= 15 is 0 Å². The first-order valence-electron chi connectivity index (χ1n) is 3.72. The van der Waals surface area contributed by atoms with Crippen LogP contribution in [0.5, 0.6) is 0 Å². The zero-order valence-corrected chi connectivity index (χ0v) is 10.7. The van der Waals surface area contributed by atoms with Gasteiger partial charge in [0.05, 0.1) is 11.0 Å². The number of nitrogens with zero attached hydrogens (tertiary/aromatic N) is 1. The molecule has 2 heterocycles. The summed E-state index contributed by atoms with van der Waals surface area (Å²) in [6, 6.07) is 4.99. The number of fused-ring (bicyclic) bond motifs is 1. The molecule has 68 valence electrons. The molecule has 2 aromatic heterocycles. The maximum Gasteiger partial charge on any atom is 1.00 e. The van der Waals surface area contributed by atoms with Crippen molar-refractivity contribution in [2.24, 2.45) is 0 Å². The van der Waals surface area contributed by atoms with Gasteiger partial charge in [0.1, 0.15) is 5.03 Å². The van der Waals surface area contributed by atoms with Crippen molar-refractivity contribution in [3.63, 3.8) is 0 Å². The van der Waals surface area contributed by atoms with Gasteiger partial charge >= 0.3 is 29.6 Å². The van der Waals surface area contributed by atoms with Crippen LogP contribution in [0.15, 0.2) is 23.2 Å². The Morgan fingerprint density at radius 1 is 1.50 bits per heavy atom. The minimum absolute atomic E-state index is 0. The summed E-state index contributed by atoms with van der Waals surface area (Å²) >= 11 is -2.25. The molecule has 0 aromatic carbocycles. The Morgan fingerprint density at radius 3 is 2.86 bits per heavy atom. The molecule has 1 N–H and O–H groups in total. The number of pyridine rings is 1. The third-order valence-corrected chi connectivity index (χ3v) is 2.32. The molecule has 0 fully saturated rings. The van der Waals surface area contributed by atoms with Gasteiger partial charge in [0.25, 0.3) is 0 Å². The van der Waals surface area contributed by atoms with E-state index in [2.05, 4.69) is 9.97 Å². The molecule has 0 bridgehead atoms. The predicted octanol–water partition coefficient (Wildman–Crippen LogP) is -1.89. The van der Waals surface area contributed by atoms with Gasteiger partial charge in [-0.05, 0) is 36.2 Å². The molecule has 14 heavy (non-hydrogen) atoms. The molecule has 0 saturated carbocycles. The number of H-pyrrole nitrogens is 1. The van der Waals surface area contributed by atoms with Crippen LogP contribution in [0, 0.1) is 6.92 Å². The standard InChI is InChI=1S/C8H8N2O2S.Na/c1-5-4-7-6(9-5)2-3-8(10-7)13(11)12;/h2-4,9H,1H3,(H,11,12);/q;+1/p-1. The predicted molar refractivity (Wildman–Crippen MR) is 48.0 cm³/mol. The summed E-state index contributed by atoms with van der Waals surface area (Å²) in [4.78, 5) is 7.01. The molecule has 4 nitrogen and oxygen atoms in total. The maximum absolute atomic E-state index is 10.6. The van der Waals surface area contributed by atoms with Crippen LogP contribution in [0.4, 0.5) is 0 Å². The van der Waals surface area contributed by atoms with Crippen molar-refractivity contribution in [1.29, 1.82) is 0 Å². The van der Waals surface area contributed by atoms with Crippen LogP contribution < -0.4 is 29.6 Å². The van der Waals surface area contributed by atoms with Crippen molar-refractivity contribution in [1.82, 2.24) is 9.97 Å². The smallest absolute Gasteiger partial charge is 0.767 e. The van der Waals surface area contributed by atoms with E-state index in [1.54, 1.807) is 6.07 Å². The number of aromatic nitrogens is 2. The Hall–Kier alpha value is -0.200. The summed E-state index contributed by atoms with van der Waals surface area (Å²) in [5, 5.41) is 0.0755. The van der Waals surface area contributed by atoms with E-state index in [-0.39, 0.29) is 34.6 Å². The van der Waals surface area contributed by atoms with E-state index in [9.17, 15) is 8.76 Å². The summed E-state index contributed by atoms with van der Waals surface area (Å²) in [5.41, 5.74) is 2.50. The van der Waals surface area contributed by atoms with Crippen LogP contribution in [-0.4, -0.2) is 18.7 Å². The number of hydrogen-bond acceptors (Lipinski definition) is 3. The fraction of sp³-hybridized carbons (Fsp3) is 0.125. The maximum atomic E-state index is 10.6. The zero-order valence-electron chi connectivity index (χ0n) is 7.90. The van der Waals surface area contributed by atoms with Crippen molar-refractivity contribution in [3.8, 4) is 0 Å². The molecule has 2 rings (SSSR count). The van der Waals surface area contributed by atoms with Gasteiger partial charge in [0, 0.05) is 5.69 Å². The Morgan fingerprint density at radius 2 is 2.21 bits per heavy atom. The van der Waals surface area contributed by atoms with Gasteiger partial charge in [-0.15, -0.1) is 0 Å². The van der Waals surface area contributed by atoms with Crippen LogP contribution in [0.2, 0.25) is 0 Å². The molecule has 1 unspecified atom stereocenters. The second-order valence-electron chi connectivity index (χ2n) is 2.77. The van der Waals surface area contributed by atoms with Crippen LogP contribution >= 0.6 is 0 Å². The van der Waals surface area contributed by atoms with Gasteiger partial charge in [-0.2, -0.15) is 0 Å². The average molecular weight is 218 g/mol. The fourth-order valence-corrected chi connectivity index (χ4v) is 1.57. The number of rotatable bonds is 1. The summed E-state index contributed by atoms with van der Waals surface area (Å²) in [6.07, 6.45) is 0. The number of nitrogens with one attached hydrogen (secondary N) is 1. The third-order valence-electron chi connectivity index (χ3n) is 1.75. The molecule has 0 radical (unpaired) electrons. The number of aromatic amines is 1. The molecule has 0 aliphatic carbocycles. The monoisotopic (exact) mass is 218 g/mol. The van der Waals surface area contributed by atoms with Gasteiger partial charge in [-0.25, -0.2) is 4.98 Å². The van der Waals surface area contributed by atoms with E-state index in [4.69, 9.17) is 0 Å². The van der Waals surface area contributed by atoms with E-state index in [1.165, 1.54) is 6.07 Å². The minimum Gasteiger partial charge on any atom is -0.767 e. The fourth-order valence-electron chi connectivity index (χ4n) is 1.22. The second-order valence-corrected chi connectivity index (χ2v) is 3.66. The van der Waals surface area contributed by atoms with E-state index < -0.39 is 11.1 Å². The molecule has 2 aromatic rings. The summed E-state index contributed by atoms with van der Waals surface area (Å²) in [5.74, 6) is 0. The van der Waals surface area contributed by atoms with Crippen molar-refractivity contribution >= 4 is 22.1 Å². The van der Waals surface area contributed by atoms with Crippen molar-refractivity contribution in [2.75, 3.05) is 0 Å². The zero-order chi connectivity index (χ0) is 9.42.